The zero-order valence-corrected chi connectivity index (χ0v) is 18.7. The average molecular weight is 457 g/mol. The number of aromatic carboxylic acids is 1. The Morgan fingerprint density at radius 1 is 1.03 bits per heavy atom. The molecule has 0 spiro atoms. The standard InChI is InChI=1S/C24H22Cl2N2O3/c1-27(2)19-5-3-4-17(14-19)8-11-22-20(25)15-21(26)23(29)28(22)13-12-16-6-9-18(10-7-16)24(30)31/h3-11,14-15H,12-13H2,1-2H3,(H,30,31). The lowest BCUT2D eigenvalue weighted by atomic mass is 10.1. The average Bonchev–Trinajstić information content (AvgIpc) is 2.75. The molecule has 0 radical (unpaired) electrons. The summed E-state index contributed by atoms with van der Waals surface area (Å²) in [6.07, 6.45) is 4.23. The topological polar surface area (TPSA) is 62.5 Å². The van der Waals surface area contributed by atoms with E-state index >= 15 is 0 Å². The number of halogens is 2. The first-order valence-corrected chi connectivity index (χ1v) is 10.4. The number of carboxylic acids is 1. The molecule has 3 rings (SSSR count). The van der Waals surface area contributed by atoms with Crippen LogP contribution in [0.1, 0.15) is 27.2 Å². The number of aryl methyl sites for hydroxylation is 1. The van der Waals surface area contributed by atoms with Crippen molar-refractivity contribution in [2.75, 3.05) is 19.0 Å². The molecule has 0 bridgehead atoms. The molecular formula is C24H22Cl2N2O3. The third-order valence-electron chi connectivity index (χ3n) is 4.88. The Balaban J connectivity index is 1.90. The van der Waals surface area contributed by atoms with Crippen LogP contribution in [0.5, 0.6) is 0 Å². The maximum atomic E-state index is 12.7. The molecule has 0 atom stereocenters. The normalized spacial score (nSPS) is 11.1. The molecule has 0 unspecified atom stereocenters. The Kier molecular flexibility index (Phi) is 7.21. The molecule has 31 heavy (non-hydrogen) atoms. The van der Waals surface area contributed by atoms with Crippen LogP contribution in [0.2, 0.25) is 10.0 Å². The fourth-order valence-corrected chi connectivity index (χ4v) is 3.68. The molecule has 1 heterocycles. The summed E-state index contributed by atoms with van der Waals surface area (Å²) < 4.78 is 1.54. The van der Waals surface area contributed by atoms with Crippen molar-refractivity contribution in [1.82, 2.24) is 4.57 Å². The third kappa shape index (κ3) is 5.57. The van der Waals surface area contributed by atoms with Gasteiger partial charge >= 0.3 is 5.97 Å². The van der Waals surface area contributed by atoms with Gasteiger partial charge in [0.05, 0.1) is 16.3 Å². The van der Waals surface area contributed by atoms with Crippen molar-refractivity contribution in [3.05, 3.63) is 97.4 Å². The second-order valence-electron chi connectivity index (χ2n) is 7.26. The highest BCUT2D eigenvalue weighted by Crippen LogP contribution is 2.22. The molecule has 0 amide bonds. The molecular weight excluding hydrogens is 435 g/mol. The number of carboxylic acid groups (broad SMARTS) is 1. The summed E-state index contributed by atoms with van der Waals surface area (Å²) in [7, 11) is 3.94. The third-order valence-corrected chi connectivity index (χ3v) is 5.46. The van der Waals surface area contributed by atoms with Gasteiger partial charge in [-0.2, -0.15) is 0 Å². The molecule has 0 saturated heterocycles. The summed E-state index contributed by atoms with van der Waals surface area (Å²) in [6.45, 7) is 0.350. The Labute approximate surface area is 190 Å². The fraction of sp³-hybridized carbons (Fsp3) is 0.167. The zero-order chi connectivity index (χ0) is 22.5. The van der Waals surface area contributed by atoms with Gasteiger partial charge < -0.3 is 14.6 Å². The van der Waals surface area contributed by atoms with Gasteiger partial charge in [0.2, 0.25) is 0 Å². The minimum atomic E-state index is -0.977. The largest absolute Gasteiger partial charge is 0.478 e. The highest BCUT2D eigenvalue weighted by atomic mass is 35.5. The molecule has 3 aromatic rings. The van der Waals surface area contributed by atoms with Gasteiger partial charge in [0.15, 0.2) is 0 Å². The molecule has 0 saturated carbocycles. The Hall–Kier alpha value is -3.02. The van der Waals surface area contributed by atoms with Crippen molar-refractivity contribution in [2.24, 2.45) is 0 Å². The summed E-state index contributed by atoms with van der Waals surface area (Å²) in [6, 6.07) is 16.0. The quantitative estimate of drug-likeness (QED) is 0.521. The van der Waals surface area contributed by atoms with Crippen LogP contribution < -0.4 is 10.5 Å². The summed E-state index contributed by atoms with van der Waals surface area (Å²) in [5, 5.41) is 9.47. The number of anilines is 1. The van der Waals surface area contributed by atoms with Crippen molar-refractivity contribution < 1.29 is 9.90 Å². The first kappa shape index (κ1) is 22.7. The van der Waals surface area contributed by atoms with Gasteiger partial charge in [-0.1, -0.05) is 53.5 Å². The van der Waals surface area contributed by atoms with Gasteiger partial charge in [0, 0.05) is 26.3 Å². The van der Waals surface area contributed by atoms with E-state index < -0.39 is 5.97 Å². The summed E-state index contributed by atoms with van der Waals surface area (Å²) in [5.41, 5.74) is 3.40. The van der Waals surface area contributed by atoms with E-state index in [0.717, 1.165) is 16.8 Å². The minimum Gasteiger partial charge on any atom is -0.478 e. The van der Waals surface area contributed by atoms with E-state index in [1.54, 1.807) is 28.8 Å². The van der Waals surface area contributed by atoms with Crippen molar-refractivity contribution in [1.29, 1.82) is 0 Å². The van der Waals surface area contributed by atoms with Gasteiger partial charge in [-0.15, -0.1) is 0 Å². The number of benzene rings is 2. The Morgan fingerprint density at radius 3 is 2.39 bits per heavy atom. The van der Waals surface area contributed by atoms with E-state index in [1.807, 2.05) is 55.4 Å². The van der Waals surface area contributed by atoms with Crippen LogP contribution in [0.25, 0.3) is 12.2 Å². The van der Waals surface area contributed by atoms with Gasteiger partial charge in [0.1, 0.15) is 5.02 Å². The smallest absolute Gasteiger partial charge is 0.335 e. The van der Waals surface area contributed by atoms with E-state index in [-0.39, 0.29) is 16.1 Å². The molecule has 5 nitrogen and oxygen atoms in total. The van der Waals surface area contributed by atoms with Crippen LogP contribution in [0.4, 0.5) is 5.69 Å². The first-order valence-electron chi connectivity index (χ1n) is 9.63. The molecule has 0 aliphatic rings. The number of hydrogen-bond acceptors (Lipinski definition) is 3. The van der Waals surface area contributed by atoms with Gasteiger partial charge in [0.25, 0.3) is 5.56 Å². The molecule has 1 aromatic heterocycles. The van der Waals surface area contributed by atoms with E-state index in [1.165, 1.54) is 6.07 Å². The van der Waals surface area contributed by atoms with Crippen LogP contribution in [-0.2, 0) is 13.0 Å². The second kappa shape index (κ2) is 9.86. The van der Waals surface area contributed by atoms with Crippen LogP contribution in [0.3, 0.4) is 0 Å². The molecule has 1 N–H and O–H groups in total. The molecule has 2 aromatic carbocycles. The number of carbonyl (C=O) groups is 1. The second-order valence-corrected chi connectivity index (χ2v) is 8.07. The number of nitrogens with zero attached hydrogens (tertiary/aromatic N) is 2. The Morgan fingerprint density at radius 2 is 1.74 bits per heavy atom. The SMILES string of the molecule is CN(C)c1cccc(C=Cc2c(Cl)cc(Cl)c(=O)n2CCc2ccc(C(=O)O)cc2)c1. The number of aromatic nitrogens is 1. The lowest BCUT2D eigenvalue weighted by Gasteiger charge is -2.14. The fourth-order valence-electron chi connectivity index (χ4n) is 3.14. The molecule has 7 heteroatoms. The van der Waals surface area contributed by atoms with E-state index in [4.69, 9.17) is 28.3 Å². The van der Waals surface area contributed by atoms with E-state index in [2.05, 4.69) is 0 Å². The van der Waals surface area contributed by atoms with Crippen LogP contribution in [0, 0.1) is 0 Å². The van der Waals surface area contributed by atoms with Crippen molar-refractivity contribution in [3.8, 4) is 0 Å². The van der Waals surface area contributed by atoms with Gasteiger partial charge in [-0.25, -0.2) is 4.79 Å². The first-order chi connectivity index (χ1) is 14.8. The van der Waals surface area contributed by atoms with E-state index in [9.17, 15) is 9.59 Å². The van der Waals surface area contributed by atoms with Crippen molar-refractivity contribution in [2.45, 2.75) is 13.0 Å². The molecule has 160 valence electrons. The molecule has 0 aliphatic heterocycles. The van der Waals surface area contributed by atoms with Crippen LogP contribution in [-0.4, -0.2) is 29.7 Å². The van der Waals surface area contributed by atoms with Crippen LogP contribution >= 0.6 is 23.2 Å². The highest BCUT2D eigenvalue weighted by molar-refractivity contribution is 6.35. The van der Waals surface area contributed by atoms with Crippen LogP contribution in [0.15, 0.2) is 59.4 Å². The van der Waals surface area contributed by atoms with Gasteiger partial charge in [-0.05, 0) is 54.0 Å². The predicted molar refractivity (Wildman–Crippen MR) is 128 cm³/mol. The van der Waals surface area contributed by atoms with Gasteiger partial charge in [-0.3, -0.25) is 4.79 Å². The molecule has 0 fully saturated rings. The lowest BCUT2D eigenvalue weighted by Crippen LogP contribution is -2.24. The number of pyridine rings is 1. The maximum Gasteiger partial charge on any atom is 0.335 e. The van der Waals surface area contributed by atoms with E-state index in [0.29, 0.717) is 23.7 Å². The maximum absolute atomic E-state index is 12.7. The Bertz CT molecular complexity index is 1180. The lowest BCUT2D eigenvalue weighted by molar-refractivity contribution is 0.0697. The summed E-state index contributed by atoms with van der Waals surface area (Å²) in [5.74, 6) is -0.977. The van der Waals surface area contributed by atoms with Crippen molar-refractivity contribution in [3.63, 3.8) is 0 Å². The highest BCUT2D eigenvalue weighted by Gasteiger charge is 2.11. The minimum absolute atomic E-state index is 0.0537. The summed E-state index contributed by atoms with van der Waals surface area (Å²) in [4.78, 5) is 25.7. The zero-order valence-electron chi connectivity index (χ0n) is 17.2. The summed E-state index contributed by atoms with van der Waals surface area (Å²) >= 11 is 12.5. The predicted octanol–water partition coefficient (Wildman–Crippen LogP) is 5.33. The number of rotatable bonds is 7. The molecule has 0 aliphatic carbocycles. The monoisotopic (exact) mass is 456 g/mol. The van der Waals surface area contributed by atoms with Crippen molar-refractivity contribution >= 4 is 47.0 Å². The number of hydrogen-bond donors (Lipinski definition) is 1.